The van der Waals surface area contributed by atoms with Gasteiger partial charge in [0.2, 0.25) is 0 Å². The van der Waals surface area contributed by atoms with Gasteiger partial charge in [-0.2, -0.15) is 0 Å². The van der Waals surface area contributed by atoms with Gasteiger partial charge in [0.15, 0.2) is 17.3 Å². The minimum atomic E-state index is -0.570. The average Bonchev–Trinajstić information content (AvgIpc) is 3.49. The molecule has 0 amide bonds. The smallest absolute Gasteiger partial charge is 0.439 e. The van der Waals surface area contributed by atoms with Crippen molar-refractivity contribution in [2.75, 3.05) is 18.0 Å². The fraction of sp³-hybridized carbons (Fsp3) is 0.250. The van der Waals surface area contributed by atoms with Crippen molar-refractivity contribution < 1.29 is 9.26 Å². The van der Waals surface area contributed by atoms with Crippen molar-refractivity contribution in [1.29, 1.82) is 0 Å². The summed E-state index contributed by atoms with van der Waals surface area (Å²) in [5, 5.41) is 5.96. The van der Waals surface area contributed by atoms with E-state index in [-0.39, 0.29) is 0 Å². The number of benzene rings is 2. The Hall–Kier alpha value is -3.36. The van der Waals surface area contributed by atoms with Gasteiger partial charge in [-0.05, 0) is 54.6 Å². The van der Waals surface area contributed by atoms with Crippen LogP contribution in [0.15, 0.2) is 69.3 Å². The first-order valence-corrected chi connectivity index (χ1v) is 11.6. The molecule has 2 aromatic carbocycles. The maximum atomic E-state index is 11.4. The molecule has 4 aromatic rings. The van der Waals surface area contributed by atoms with E-state index in [0.29, 0.717) is 11.9 Å². The van der Waals surface area contributed by atoms with Crippen LogP contribution >= 0.6 is 11.3 Å². The number of hydrogen-bond donors (Lipinski definition) is 1. The second-order valence-corrected chi connectivity index (χ2v) is 9.18. The first kappa shape index (κ1) is 19.3. The number of anilines is 2. The normalized spacial score (nSPS) is 16.4. The van der Waals surface area contributed by atoms with Crippen molar-refractivity contribution in [2.24, 2.45) is 0 Å². The molecule has 32 heavy (non-hydrogen) atoms. The van der Waals surface area contributed by atoms with Crippen LogP contribution in [-0.2, 0) is 6.54 Å². The zero-order chi connectivity index (χ0) is 21.5. The predicted molar refractivity (Wildman–Crippen MR) is 124 cm³/mol. The third-order valence-corrected chi connectivity index (χ3v) is 7.02. The number of fused-ring (bicyclic) bond motifs is 2. The lowest BCUT2D eigenvalue weighted by atomic mass is 9.99. The lowest BCUT2D eigenvalue weighted by Gasteiger charge is -2.42. The van der Waals surface area contributed by atoms with Crippen molar-refractivity contribution in [1.82, 2.24) is 15.0 Å². The molecule has 0 saturated carbocycles. The molecule has 0 spiro atoms. The molecule has 0 atom stereocenters. The first-order valence-electron chi connectivity index (χ1n) is 10.8. The van der Waals surface area contributed by atoms with Gasteiger partial charge in [0.05, 0.1) is 11.4 Å². The Morgan fingerprint density at radius 3 is 2.66 bits per heavy atom. The van der Waals surface area contributed by atoms with Gasteiger partial charge in [-0.15, -0.1) is 11.3 Å². The molecule has 0 radical (unpaired) electrons. The number of aromatic nitrogens is 2. The number of nitrogens with one attached hydrogen (secondary N) is 1. The van der Waals surface area contributed by atoms with Crippen molar-refractivity contribution in [2.45, 2.75) is 25.4 Å². The Bertz CT molecular complexity index is 1290. The van der Waals surface area contributed by atoms with Crippen LogP contribution in [-0.4, -0.2) is 34.2 Å². The van der Waals surface area contributed by atoms with Crippen molar-refractivity contribution >= 4 is 22.7 Å². The third kappa shape index (κ3) is 3.51. The number of rotatable bonds is 4. The SMILES string of the molecule is O=c1[nH]c(-c2ccc3c(c2)Oc2ccccc2N3C2CCN(Cc3cccs3)CC2)no1. The quantitative estimate of drug-likeness (QED) is 0.476. The highest BCUT2D eigenvalue weighted by Crippen LogP contribution is 2.49. The summed E-state index contributed by atoms with van der Waals surface area (Å²) in [5.41, 5.74) is 2.88. The van der Waals surface area contributed by atoms with Crippen LogP contribution in [0.2, 0.25) is 0 Å². The fourth-order valence-corrected chi connectivity index (χ4v) is 5.39. The number of hydrogen-bond acceptors (Lipinski definition) is 7. The molecular formula is C24H22N4O3S. The third-order valence-electron chi connectivity index (χ3n) is 6.16. The van der Waals surface area contributed by atoms with E-state index in [2.05, 4.69) is 54.1 Å². The predicted octanol–water partition coefficient (Wildman–Crippen LogP) is 5.00. The molecule has 0 bridgehead atoms. The van der Waals surface area contributed by atoms with E-state index in [0.717, 1.165) is 60.9 Å². The number of aromatic amines is 1. The Kier molecular flexibility index (Phi) is 4.81. The molecule has 6 rings (SSSR count). The van der Waals surface area contributed by atoms with Gasteiger partial charge in [0.1, 0.15) is 0 Å². The lowest BCUT2D eigenvalue weighted by molar-refractivity contribution is 0.206. The Labute approximate surface area is 188 Å². The number of piperidine rings is 1. The van der Waals surface area contributed by atoms with Gasteiger partial charge in [0, 0.05) is 36.1 Å². The summed E-state index contributed by atoms with van der Waals surface area (Å²) < 4.78 is 10.9. The fourth-order valence-electron chi connectivity index (χ4n) is 4.64. The molecule has 2 aliphatic rings. The van der Waals surface area contributed by atoms with E-state index in [1.54, 1.807) is 0 Å². The maximum absolute atomic E-state index is 11.4. The molecule has 1 fully saturated rings. The van der Waals surface area contributed by atoms with Crippen LogP contribution in [0.1, 0.15) is 17.7 Å². The monoisotopic (exact) mass is 446 g/mol. The van der Waals surface area contributed by atoms with Crippen molar-refractivity contribution in [3.8, 4) is 22.9 Å². The number of nitrogens with zero attached hydrogens (tertiary/aromatic N) is 3. The molecule has 0 unspecified atom stereocenters. The van der Waals surface area contributed by atoms with Gasteiger partial charge >= 0.3 is 5.76 Å². The van der Waals surface area contributed by atoms with Gasteiger partial charge in [-0.3, -0.25) is 14.4 Å². The second kappa shape index (κ2) is 7.96. The second-order valence-electron chi connectivity index (χ2n) is 8.15. The highest BCUT2D eigenvalue weighted by atomic mass is 32.1. The van der Waals surface area contributed by atoms with Crippen LogP contribution in [0.4, 0.5) is 11.4 Å². The van der Waals surface area contributed by atoms with Crippen LogP contribution in [0.3, 0.4) is 0 Å². The van der Waals surface area contributed by atoms with E-state index in [9.17, 15) is 4.79 Å². The van der Waals surface area contributed by atoms with Gasteiger partial charge in [-0.1, -0.05) is 23.4 Å². The summed E-state index contributed by atoms with van der Waals surface area (Å²) in [5.74, 6) is 1.42. The molecule has 7 nitrogen and oxygen atoms in total. The molecule has 1 N–H and O–H groups in total. The van der Waals surface area contributed by atoms with Crippen LogP contribution in [0.5, 0.6) is 11.5 Å². The highest BCUT2D eigenvalue weighted by Gasteiger charge is 2.32. The number of likely N-dealkylation sites (tertiary alicyclic amines) is 1. The van der Waals surface area contributed by atoms with E-state index in [4.69, 9.17) is 4.74 Å². The Morgan fingerprint density at radius 2 is 1.88 bits per heavy atom. The molecule has 1 saturated heterocycles. The molecule has 2 aromatic heterocycles. The number of para-hydroxylation sites is 2. The topological polar surface area (TPSA) is 74.6 Å². The summed E-state index contributed by atoms with van der Waals surface area (Å²) in [7, 11) is 0. The lowest BCUT2D eigenvalue weighted by Crippen LogP contribution is -2.43. The van der Waals surface area contributed by atoms with Crippen molar-refractivity contribution in [3.05, 3.63) is 75.4 Å². The van der Waals surface area contributed by atoms with E-state index in [1.807, 2.05) is 41.7 Å². The molecule has 4 heterocycles. The molecular weight excluding hydrogens is 424 g/mol. The van der Waals surface area contributed by atoms with Crippen LogP contribution < -0.4 is 15.4 Å². The maximum Gasteiger partial charge on any atom is 0.439 e. The average molecular weight is 447 g/mol. The number of H-pyrrole nitrogens is 1. The molecule has 0 aliphatic carbocycles. The summed E-state index contributed by atoms with van der Waals surface area (Å²) >= 11 is 1.83. The molecule has 2 aliphatic heterocycles. The van der Waals surface area contributed by atoms with Crippen LogP contribution in [0.25, 0.3) is 11.4 Å². The first-order chi connectivity index (χ1) is 15.7. The minimum absolute atomic E-state index is 0.385. The molecule has 8 heteroatoms. The number of thiophene rings is 1. The van der Waals surface area contributed by atoms with Gasteiger partial charge in [0.25, 0.3) is 0 Å². The largest absolute Gasteiger partial charge is 0.453 e. The van der Waals surface area contributed by atoms with Gasteiger partial charge in [-0.25, -0.2) is 4.79 Å². The summed E-state index contributed by atoms with van der Waals surface area (Å²) in [6.45, 7) is 3.16. The Morgan fingerprint density at radius 1 is 1.03 bits per heavy atom. The molecule has 162 valence electrons. The zero-order valence-electron chi connectivity index (χ0n) is 17.4. The van der Waals surface area contributed by atoms with Gasteiger partial charge < -0.3 is 9.64 Å². The summed E-state index contributed by atoms with van der Waals surface area (Å²) in [6, 6.07) is 18.8. The van der Waals surface area contributed by atoms with E-state index in [1.165, 1.54) is 4.88 Å². The van der Waals surface area contributed by atoms with Crippen molar-refractivity contribution in [3.63, 3.8) is 0 Å². The zero-order valence-corrected chi connectivity index (χ0v) is 18.2. The van der Waals surface area contributed by atoms with Crippen LogP contribution in [0, 0.1) is 0 Å². The van der Waals surface area contributed by atoms with E-state index >= 15 is 0 Å². The minimum Gasteiger partial charge on any atom is -0.453 e. The number of ether oxygens (including phenoxy) is 1. The summed E-state index contributed by atoms with van der Waals surface area (Å²) in [4.78, 5) is 20.4. The summed E-state index contributed by atoms with van der Waals surface area (Å²) in [6.07, 6.45) is 2.16. The highest BCUT2D eigenvalue weighted by molar-refractivity contribution is 7.09. The Balaban J connectivity index is 1.30. The standard InChI is InChI=1S/C24H22N4O3S/c29-24-25-23(26-31-24)16-7-8-20-22(14-16)30-21-6-2-1-5-19(21)28(20)17-9-11-27(12-10-17)15-18-4-3-13-32-18/h1-8,13-14,17H,9-12,15H2,(H,25,26,29). The van der Waals surface area contributed by atoms with E-state index < -0.39 is 5.76 Å².